The Kier molecular flexibility index (Phi) is 4.11. The maximum absolute atomic E-state index is 11.6. The molecule has 0 aromatic carbocycles. The lowest BCUT2D eigenvalue weighted by atomic mass is 10.2. The first-order valence-corrected chi connectivity index (χ1v) is 4.15. The molecule has 1 rings (SSSR count). The van der Waals surface area contributed by atoms with Gasteiger partial charge in [0, 0.05) is 6.20 Å². The van der Waals surface area contributed by atoms with E-state index in [0.29, 0.717) is 5.69 Å². The maximum atomic E-state index is 11.6. The fourth-order valence-corrected chi connectivity index (χ4v) is 0.884. The molecule has 0 spiro atoms. The lowest BCUT2D eigenvalue weighted by molar-refractivity contribution is -0.257. The Morgan fingerprint density at radius 2 is 2.33 bits per heavy atom. The predicted octanol–water partition coefficient (Wildman–Crippen LogP) is 1.74. The van der Waals surface area contributed by atoms with Crippen molar-refractivity contribution in [3.63, 3.8) is 0 Å². The van der Waals surface area contributed by atoms with Gasteiger partial charge in [0.2, 0.25) is 0 Å². The van der Waals surface area contributed by atoms with Gasteiger partial charge in [0.15, 0.2) is 6.61 Å². The number of aryl methyl sites for hydroxylation is 1. The van der Waals surface area contributed by atoms with E-state index in [-0.39, 0.29) is 5.56 Å². The van der Waals surface area contributed by atoms with Crippen molar-refractivity contribution in [2.45, 2.75) is 13.3 Å². The summed E-state index contributed by atoms with van der Waals surface area (Å²) in [5.41, 5.74) is 0.634. The molecule has 0 saturated heterocycles. The summed E-state index contributed by atoms with van der Waals surface area (Å²) < 4.78 is 23.3. The van der Waals surface area contributed by atoms with Gasteiger partial charge in [-0.15, -0.1) is 0 Å². The molecule has 0 fully saturated rings. The Morgan fingerprint density at radius 1 is 1.60 bits per heavy atom. The number of hydrogen-bond donors (Lipinski definition) is 0. The fraction of sp³-hybridized carbons (Fsp3) is 0.333. The van der Waals surface area contributed by atoms with Gasteiger partial charge < -0.3 is 0 Å². The first-order chi connectivity index (χ1) is 7.11. The van der Waals surface area contributed by atoms with Crippen molar-refractivity contribution in [3.05, 3.63) is 29.6 Å². The van der Waals surface area contributed by atoms with E-state index in [1.807, 2.05) is 0 Å². The Labute approximate surface area is 84.8 Å². The molecule has 1 heterocycles. The molecule has 0 aliphatic heterocycles. The second kappa shape index (κ2) is 5.35. The third-order valence-corrected chi connectivity index (χ3v) is 1.56. The minimum Gasteiger partial charge on any atom is -0.293 e. The third-order valence-electron chi connectivity index (χ3n) is 1.56. The molecule has 82 valence electrons. The van der Waals surface area contributed by atoms with Crippen LogP contribution in [0.5, 0.6) is 0 Å². The van der Waals surface area contributed by atoms with E-state index in [1.165, 1.54) is 18.3 Å². The highest BCUT2D eigenvalue weighted by Crippen LogP contribution is 2.06. The van der Waals surface area contributed by atoms with Gasteiger partial charge in [-0.25, -0.2) is 13.6 Å². The molecule has 15 heavy (non-hydrogen) atoms. The number of aromatic nitrogens is 1. The zero-order chi connectivity index (χ0) is 11.3. The molecule has 1 aromatic rings. The van der Waals surface area contributed by atoms with Crippen LogP contribution in [0.25, 0.3) is 0 Å². The van der Waals surface area contributed by atoms with Crippen LogP contribution in [0.3, 0.4) is 0 Å². The number of pyridine rings is 1. The van der Waals surface area contributed by atoms with E-state index in [4.69, 9.17) is 0 Å². The van der Waals surface area contributed by atoms with Crippen LogP contribution in [0.1, 0.15) is 16.1 Å². The predicted molar refractivity (Wildman–Crippen MR) is 46.3 cm³/mol. The number of halogens is 2. The molecule has 0 N–H and O–H groups in total. The van der Waals surface area contributed by atoms with Gasteiger partial charge in [-0.05, 0) is 19.1 Å². The zero-order valence-electron chi connectivity index (χ0n) is 7.94. The summed E-state index contributed by atoms with van der Waals surface area (Å²) in [7, 11) is 0. The average molecular weight is 217 g/mol. The number of carbonyl (C=O) groups excluding carboxylic acids is 1. The largest absolute Gasteiger partial charge is 0.374 e. The van der Waals surface area contributed by atoms with Crippen LogP contribution < -0.4 is 0 Å². The third kappa shape index (κ3) is 3.59. The van der Waals surface area contributed by atoms with Crippen molar-refractivity contribution in [2.24, 2.45) is 0 Å². The summed E-state index contributed by atoms with van der Waals surface area (Å²) in [5.74, 6) is -0.832. The molecule has 0 amide bonds. The molecule has 0 aliphatic rings. The SMILES string of the molecule is Cc1ncccc1C(=O)OOCC(F)F. The van der Waals surface area contributed by atoms with Gasteiger partial charge >= 0.3 is 5.97 Å². The first kappa shape index (κ1) is 11.5. The second-order valence-electron chi connectivity index (χ2n) is 2.68. The van der Waals surface area contributed by atoms with Crippen LogP contribution in [0, 0.1) is 6.92 Å². The highest BCUT2D eigenvalue weighted by Gasteiger charge is 2.13. The van der Waals surface area contributed by atoms with Gasteiger partial charge in [-0.1, -0.05) is 0 Å². The van der Waals surface area contributed by atoms with E-state index in [9.17, 15) is 13.6 Å². The van der Waals surface area contributed by atoms with E-state index < -0.39 is 19.0 Å². The Bertz CT molecular complexity index is 344. The van der Waals surface area contributed by atoms with E-state index in [0.717, 1.165) is 0 Å². The van der Waals surface area contributed by atoms with Crippen molar-refractivity contribution in [1.82, 2.24) is 4.98 Å². The minimum atomic E-state index is -2.67. The molecule has 0 atom stereocenters. The monoisotopic (exact) mass is 217 g/mol. The number of hydrogen-bond acceptors (Lipinski definition) is 4. The van der Waals surface area contributed by atoms with Crippen molar-refractivity contribution in [2.75, 3.05) is 6.61 Å². The first-order valence-electron chi connectivity index (χ1n) is 4.15. The van der Waals surface area contributed by atoms with E-state index in [1.54, 1.807) is 6.92 Å². The highest BCUT2D eigenvalue weighted by molar-refractivity contribution is 5.89. The molecular formula is C9H9F2NO3. The number of carbonyl (C=O) groups is 1. The van der Waals surface area contributed by atoms with Crippen LogP contribution >= 0.6 is 0 Å². The lowest BCUT2D eigenvalue weighted by Crippen LogP contribution is -2.12. The standard InChI is InChI=1S/C9H9F2NO3/c1-6-7(3-2-4-12-6)9(13)15-14-5-8(10)11/h2-4,8H,5H2,1H3. The van der Waals surface area contributed by atoms with Crippen LogP contribution in [0.4, 0.5) is 8.78 Å². The summed E-state index contributed by atoms with van der Waals surface area (Å²) in [6, 6.07) is 3.01. The van der Waals surface area contributed by atoms with Gasteiger partial charge in [-0.3, -0.25) is 9.87 Å². The van der Waals surface area contributed by atoms with Crippen molar-refractivity contribution in [1.29, 1.82) is 0 Å². The number of rotatable bonds is 4. The molecule has 1 aromatic heterocycles. The van der Waals surface area contributed by atoms with Gasteiger partial charge in [-0.2, -0.15) is 4.89 Å². The average Bonchev–Trinajstić information content (AvgIpc) is 2.17. The summed E-state index contributed by atoms with van der Waals surface area (Å²) in [5, 5.41) is 0. The normalized spacial score (nSPS) is 10.4. The van der Waals surface area contributed by atoms with Gasteiger partial charge in [0.1, 0.15) is 0 Å². The Morgan fingerprint density at radius 3 is 2.93 bits per heavy atom. The van der Waals surface area contributed by atoms with E-state index in [2.05, 4.69) is 14.8 Å². The molecule has 0 aliphatic carbocycles. The highest BCUT2D eigenvalue weighted by atomic mass is 19.3. The Balaban J connectivity index is 2.51. The van der Waals surface area contributed by atoms with Gasteiger partial charge in [0.25, 0.3) is 6.43 Å². The molecule has 4 nitrogen and oxygen atoms in total. The molecule has 0 saturated carbocycles. The smallest absolute Gasteiger partial charge is 0.293 e. The topological polar surface area (TPSA) is 48.4 Å². The summed E-state index contributed by atoms with van der Waals surface area (Å²) in [4.78, 5) is 23.3. The molecule has 6 heteroatoms. The second-order valence-corrected chi connectivity index (χ2v) is 2.68. The fourth-order valence-electron chi connectivity index (χ4n) is 0.884. The van der Waals surface area contributed by atoms with Crippen LogP contribution in [0.15, 0.2) is 18.3 Å². The Hall–Kier alpha value is -1.56. The quantitative estimate of drug-likeness (QED) is 0.569. The van der Waals surface area contributed by atoms with Crippen molar-refractivity contribution in [3.8, 4) is 0 Å². The van der Waals surface area contributed by atoms with Gasteiger partial charge in [0.05, 0.1) is 11.3 Å². The van der Waals surface area contributed by atoms with Crippen LogP contribution in [-0.4, -0.2) is 24.0 Å². The van der Waals surface area contributed by atoms with E-state index >= 15 is 0 Å². The number of alkyl halides is 2. The van der Waals surface area contributed by atoms with Crippen LogP contribution in [0.2, 0.25) is 0 Å². The van der Waals surface area contributed by atoms with Crippen LogP contribution in [-0.2, 0) is 9.78 Å². The maximum Gasteiger partial charge on any atom is 0.374 e. The summed E-state index contributed by atoms with van der Waals surface area (Å²) in [6.07, 6.45) is -1.17. The summed E-state index contributed by atoms with van der Waals surface area (Å²) >= 11 is 0. The molecule has 0 bridgehead atoms. The number of nitrogens with zero attached hydrogens (tertiary/aromatic N) is 1. The minimum absolute atomic E-state index is 0.187. The summed E-state index contributed by atoms with van der Waals surface area (Å²) in [6.45, 7) is 0.661. The molecular weight excluding hydrogens is 208 g/mol. The molecule has 0 radical (unpaired) electrons. The molecule has 0 unspecified atom stereocenters. The lowest BCUT2D eigenvalue weighted by Gasteiger charge is -2.04. The van der Waals surface area contributed by atoms with Crippen molar-refractivity contribution < 1.29 is 23.4 Å². The van der Waals surface area contributed by atoms with Crippen molar-refractivity contribution >= 4 is 5.97 Å². The zero-order valence-corrected chi connectivity index (χ0v) is 7.94.